The van der Waals surface area contributed by atoms with Gasteiger partial charge < -0.3 is 11.1 Å². The van der Waals surface area contributed by atoms with Gasteiger partial charge in [-0.05, 0) is 24.1 Å². The van der Waals surface area contributed by atoms with E-state index in [1.807, 2.05) is 6.07 Å². The predicted octanol–water partition coefficient (Wildman–Crippen LogP) is 1.56. The highest BCUT2D eigenvalue weighted by molar-refractivity contribution is 5.89. The maximum absolute atomic E-state index is 13.3. The van der Waals surface area contributed by atoms with Gasteiger partial charge in [-0.3, -0.25) is 4.99 Å². The Morgan fingerprint density at radius 1 is 1.50 bits per heavy atom. The number of nitrogens with zero attached hydrogens (tertiary/aromatic N) is 1. The van der Waals surface area contributed by atoms with Gasteiger partial charge >= 0.3 is 0 Å². The topological polar surface area (TPSA) is 50.4 Å². The average Bonchev–Trinajstić information content (AvgIpc) is 2.74. The van der Waals surface area contributed by atoms with Gasteiger partial charge in [-0.1, -0.05) is 12.1 Å². The van der Waals surface area contributed by atoms with Crippen LogP contribution in [-0.4, -0.2) is 18.9 Å². The molecule has 0 bridgehead atoms. The van der Waals surface area contributed by atoms with Gasteiger partial charge in [-0.2, -0.15) is 0 Å². The molecule has 1 aromatic rings. The summed E-state index contributed by atoms with van der Waals surface area (Å²) >= 11 is 0. The lowest BCUT2D eigenvalue weighted by atomic mass is 10.0. The van der Waals surface area contributed by atoms with Gasteiger partial charge in [0.1, 0.15) is 11.7 Å². The van der Waals surface area contributed by atoms with Gasteiger partial charge in [0, 0.05) is 6.54 Å². The molecule has 1 aromatic carbocycles. The Hall–Kier alpha value is -1.13. The van der Waals surface area contributed by atoms with Crippen LogP contribution in [-0.2, 0) is 0 Å². The molecule has 3 N–H and O–H groups in total. The monoisotopic (exact) mass is 243 g/mol. The lowest BCUT2D eigenvalue weighted by Crippen LogP contribution is -2.31. The molecule has 0 fully saturated rings. The van der Waals surface area contributed by atoms with Gasteiger partial charge in [0.15, 0.2) is 0 Å². The number of hydrogen-bond donors (Lipinski definition) is 2. The summed E-state index contributed by atoms with van der Waals surface area (Å²) in [4.78, 5) is 4.24. The van der Waals surface area contributed by atoms with Crippen molar-refractivity contribution in [2.24, 2.45) is 10.7 Å². The molecule has 0 aromatic heterocycles. The number of hydrogen-bond acceptors (Lipinski definition) is 3. The molecule has 1 aliphatic rings. The molecule has 16 heavy (non-hydrogen) atoms. The Bertz CT molecular complexity index is 406. The van der Waals surface area contributed by atoms with Gasteiger partial charge in [0.05, 0.1) is 12.6 Å². The van der Waals surface area contributed by atoms with Crippen LogP contribution < -0.4 is 11.1 Å². The fourth-order valence-electron chi connectivity index (χ4n) is 1.73. The summed E-state index contributed by atoms with van der Waals surface area (Å²) in [5.74, 6) is 0.533. The zero-order chi connectivity index (χ0) is 10.8. The molecule has 0 spiro atoms. The number of rotatable bonds is 2. The minimum absolute atomic E-state index is 0. The zero-order valence-corrected chi connectivity index (χ0v) is 9.85. The minimum atomic E-state index is -0.344. The van der Waals surface area contributed by atoms with Crippen molar-refractivity contribution in [3.05, 3.63) is 35.1 Å². The molecule has 0 radical (unpaired) electrons. The predicted molar refractivity (Wildman–Crippen MR) is 65.6 cm³/mol. The van der Waals surface area contributed by atoms with Crippen LogP contribution in [0.4, 0.5) is 4.39 Å². The van der Waals surface area contributed by atoms with E-state index in [4.69, 9.17) is 5.73 Å². The standard InChI is InChI=1S/C11H14FN3.ClH/c1-7-8(3-2-4-9(7)12)10(13)11-14-5-6-15-11;/h2-4,10H,5-6,13H2,1H3,(H,14,15);1H. The van der Waals surface area contributed by atoms with Crippen LogP contribution in [0.15, 0.2) is 23.2 Å². The third-order valence-corrected chi connectivity index (χ3v) is 2.64. The molecule has 1 atom stereocenters. The second-order valence-electron chi connectivity index (χ2n) is 3.63. The van der Waals surface area contributed by atoms with Crippen molar-refractivity contribution in [3.8, 4) is 0 Å². The molecular formula is C11H15ClFN3. The van der Waals surface area contributed by atoms with Crippen molar-refractivity contribution >= 4 is 18.2 Å². The van der Waals surface area contributed by atoms with Gasteiger partial charge in [-0.15, -0.1) is 12.4 Å². The van der Waals surface area contributed by atoms with Crippen molar-refractivity contribution in [1.82, 2.24) is 5.32 Å². The van der Waals surface area contributed by atoms with E-state index < -0.39 is 0 Å². The van der Waals surface area contributed by atoms with Gasteiger partial charge in [0.25, 0.3) is 0 Å². The van der Waals surface area contributed by atoms with Gasteiger partial charge in [-0.25, -0.2) is 4.39 Å². The first-order valence-electron chi connectivity index (χ1n) is 4.99. The van der Waals surface area contributed by atoms with E-state index in [1.54, 1.807) is 13.0 Å². The van der Waals surface area contributed by atoms with Crippen LogP contribution in [0.3, 0.4) is 0 Å². The summed E-state index contributed by atoms with van der Waals surface area (Å²) in [5, 5.41) is 3.10. The highest BCUT2D eigenvalue weighted by Crippen LogP contribution is 2.19. The number of halogens is 2. The molecule has 3 nitrogen and oxygen atoms in total. The molecule has 2 rings (SSSR count). The van der Waals surface area contributed by atoms with Crippen LogP contribution >= 0.6 is 12.4 Å². The molecule has 1 unspecified atom stereocenters. The summed E-state index contributed by atoms with van der Waals surface area (Å²) < 4.78 is 13.3. The van der Waals surface area contributed by atoms with Crippen LogP contribution in [0.1, 0.15) is 17.2 Å². The molecule has 88 valence electrons. The summed E-state index contributed by atoms with van der Waals surface area (Å²) in [6.07, 6.45) is 0. The highest BCUT2D eigenvalue weighted by atomic mass is 35.5. The van der Waals surface area contributed by atoms with E-state index in [1.165, 1.54) is 6.07 Å². The zero-order valence-electron chi connectivity index (χ0n) is 9.03. The normalized spacial score (nSPS) is 16.1. The van der Waals surface area contributed by atoms with E-state index in [9.17, 15) is 4.39 Å². The number of nitrogens with two attached hydrogens (primary N) is 1. The fourth-order valence-corrected chi connectivity index (χ4v) is 1.73. The van der Waals surface area contributed by atoms with Gasteiger partial charge in [0.2, 0.25) is 0 Å². The summed E-state index contributed by atoms with van der Waals surface area (Å²) in [6, 6.07) is 4.61. The molecular weight excluding hydrogens is 229 g/mol. The lowest BCUT2D eigenvalue weighted by Gasteiger charge is -2.15. The number of amidine groups is 1. The Labute approximate surface area is 100 Å². The highest BCUT2D eigenvalue weighted by Gasteiger charge is 2.18. The summed E-state index contributed by atoms with van der Waals surface area (Å²) in [7, 11) is 0. The third kappa shape index (κ3) is 2.33. The van der Waals surface area contributed by atoms with E-state index in [2.05, 4.69) is 10.3 Å². The number of nitrogens with one attached hydrogen (secondary N) is 1. The number of aliphatic imine (C=N–C) groups is 1. The van der Waals surface area contributed by atoms with Crippen LogP contribution in [0.2, 0.25) is 0 Å². The summed E-state index contributed by atoms with van der Waals surface area (Å²) in [5.41, 5.74) is 7.40. The second-order valence-corrected chi connectivity index (χ2v) is 3.63. The van der Waals surface area contributed by atoms with E-state index in [0.717, 1.165) is 24.5 Å². The SMILES string of the molecule is Cc1c(F)cccc1C(N)C1=NCCN1.Cl. The van der Waals surface area contributed by atoms with Crippen LogP contribution in [0.5, 0.6) is 0 Å². The lowest BCUT2D eigenvalue weighted by molar-refractivity contribution is 0.614. The van der Waals surface area contributed by atoms with Crippen LogP contribution in [0.25, 0.3) is 0 Å². The Morgan fingerprint density at radius 3 is 2.88 bits per heavy atom. The van der Waals surface area contributed by atoms with Crippen molar-refractivity contribution in [1.29, 1.82) is 0 Å². The molecule has 0 aliphatic carbocycles. The number of benzene rings is 1. The first-order valence-corrected chi connectivity index (χ1v) is 4.99. The molecule has 1 heterocycles. The smallest absolute Gasteiger partial charge is 0.126 e. The maximum Gasteiger partial charge on any atom is 0.126 e. The molecule has 0 amide bonds. The second kappa shape index (κ2) is 5.27. The molecule has 0 saturated heterocycles. The Balaban J connectivity index is 0.00000128. The maximum atomic E-state index is 13.3. The van der Waals surface area contributed by atoms with Crippen LogP contribution in [0, 0.1) is 12.7 Å². The molecule has 5 heteroatoms. The fraction of sp³-hybridized carbons (Fsp3) is 0.364. The third-order valence-electron chi connectivity index (χ3n) is 2.64. The van der Waals surface area contributed by atoms with Crippen molar-refractivity contribution < 1.29 is 4.39 Å². The average molecular weight is 244 g/mol. The quantitative estimate of drug-likeness (QED) is 0.828. The molecule has 1 aliphatic heterocycles. The van der Waals surface area contributed by atoms with E-state index in [0.29, 0.717) is 5.56 Å². The van der Waals surface area contributed by atoms with E-state index in [-0.39, 0.29) is 24.3 Å². The summed E-state index contributed by atoms with van der Waals surface area (Å²) in [6.45, 7) is 3.30. The minimum Gasteiger partial charge on any atom is -0.370 e. The first kappa shape index (κ1) is 12.9. The van der Waals surface area contributed by atoms with Crippen molar-refractivity contribution in [2.45, 2.75) is 13.0 Å². The van der Waals surface area contributed by atoms with E-state index >= 15 is 0 Å². The largest absolute Gasteiger partial charge is 0.370 e. The first-order chi connectivity index (χ1) is 7.20. The Morgan fingerprint density at radius 2 is 2.25 bits per heavy atom. The Kier molecular flexibility index (Phi) is 4.26. The molecule has 0 saturated carbocycles. The van der Waals surface area contributed by atoms with Crippen molar-refractivity contribution in [2.75, 3.05) is 13.1 Å². The van der Waals surface area contributed by atoms with Crippen molar-refractivity contribution in [3.63, 3.8) is 0 Å².